The van der Waals surface area contributed by atoms with Crippen LogP contribution in [-0.4, -0.2) is 15.3 Å². The zero-order chi connectivity index (χ0) is 25.1. The molecule has 0 spiro atoms. The number of rotatable bonds is 5. The van der Waals surface area contributed by atoms with Crippen molar-refractivity contribution in [3.63, 3.8) is 0 Å². The van der Waals surface area contributed by atoms with Gasteiger partial charge in [0.25, 0.3) is 11.5 Å². The zero-order valence-corrected chi connectivity index (χ0v) is 20.2. The van der Waals surface area contributed by atoms with Gasteiger partial charge < -0.3 is 10.1 Å². The number of carbonyl (C=O) groups excluding carboxylic acids is 1. The number of amides is 1. The number of nitrogens with zero attached hydrogens (tertiary/aromatic N) is 3. The van der Waals surface area contributed by atoms with Crippen LogP contribution in [0.15, 0.2) is 71.2 Å². The lowest BCUT2D eigenvalue weighted by atomic mass is 10.1. The van der Waals surface area contributed by atoms with Crippen LogP contribution in [-0.2, 0) is 4.79 Å². The Hall–Kier alpha value is -4.12. The van der Waals surface area contributed by atoms with Gasteiger partial charge in [-0.1, -0.05) is 29.3 Å². The number of pyridine rings is 1. The third-order valence-electron chi connectivity index (χ3n) is 5.15. The Morgan fingerprint density at radius 1 is 1.11 bits per heavy atom. The van der Waals surface area contributed by atoms with Crippen LogP contribution < -0.4 is 15.6 Å². The number of hydrogen-bond acceptors (Lipinski definition) is 5. The van der Waals surface area contributed by atoms with Crippen molar-refractivity contribution in [2.75, 3.05) is 5.32 Å². The second-order valence-electron chi connectivity index (χ2n) is 7.66. The van der Waals surface area contributed by atoms with E-state index in [-0.39, 0.29) is 17.0 Å². The van der Waals surface area contributed by atoms with Crippen molar-refractivity contribution in [1.29, 1.82) is 5.26 Å². The molecule has 4 aromatic rings. The minimum absolute atomic E-state index is 0.0435. The topological polar surface area (TPSA) is 96.5 Å². The number of carbonyl (C=O) groups is 1. The molecule has 1 N–H and O–H groups in total. The molecule has 0 saturated carbocycles. The normalized spacial score (nSPS) is 11.2. The SMILES string of the molecule is Cc1cc(Oc2nc3c(C)cccn3c(=O)c2/C=C(/C#N)C(=O)Nc2ccc(Cl)cc2)ccc1Cl. The van der Waals surface area contributed by atoms with E-state index in [1.807, 2.05) is 26.0 Å². The van der Waals surface area contributed by atoms with Crippen LogP contribution in [0.4, 0.5) is 5.69 Å². The van der Waals surface area contributed by atoms with E-state index in [1.165, 1.54) is 10.5 Å². The Kier molecular flexibility index (Phi) is 6.87. The highest BCUT2D eigenvalue weighted by Crippen LogP contribution is 2.28. The average Bonchev–Trinajstić information content (AvgIpc) is 2.83. The molecule has 0 fully saturated rings. The maximum Gasteiger partial charge on any atom is 0.269 e. The first-order chi connectivity index (χ1) is 16.8. The lowest BCUT2D eigenvalue weighted by molar-refractivity contribution is -0.112. The molecule has 0 aliphatic rings. The molecule has 2 aromatic heterocycles. The van der Waals surface area contributed by atoms with Gasteiger partial charge in [-0.05, 0) is 79.6 Å². The van der Waals surface area contributed by atoms with E-state index in [0.29, 0.717) is 27.1 Å². The molecule has 0 unspecified atom stereocenters. The summed E-state index contributed by atoms with van der Waals surface area (Å²) in [5.74, 6) is -0.342. The van der Waals surface area contributed by atoms with Gasteiger partial charge in [-0.25, -0.2) is 0 Å². The number of fused-ring (bicyclic) bond motifs is 1. The van der Waals surface area contributed by atoms with Crippen LogP contribution in [0.25, 0.3) is 11.7 Å². The summed E-state index contributed by atoms with van der Waals surface area (Å²) in [6.45, 7) is 3.63. The van der Waals surface area contributed by atoms with Crippen molar-refractivity contribution in [1.82, 2.24) is 9.38 Å². The molecule has 2 heterocycles. The van der Waals surface area contributed by atoms with Crippen molar-refractivity contribution >= 4 is 46.5 Å². The van der Waals surface area contributed by atoms with Gasteiger partial charge in [-0.15, -0.1) is 0 Å². The predicted octanol–water partition coefficient (Wildman–Crippen LogP) is 5.96. The van der Waals surface area contributed by atoms with E-state index < -0.39 is 11.5 Å². The largest absolute Gasteiger partial charge is 0.438 e. The second-order valence-corrected chi connectivity index (χ2v) is 8.51. The number of ether oxygens (including phenoxy) is 1. The summed E-state index contributed by atoms with van der Waals surface area (Å²) in [6.07, 6.45) is 2.73. The summed E-state index contributed by atoms with van der Waals surface area (Å²) >= 11 is 12.0. The second kappa shape index (κ2) is 10.0. The molecule has 4 rings (SSSR count). The summed E-state index contributed by atoms with van der Waals surface area (Å²) in [4.78, 5) is 30.7. The lowest BCUT2D eigenvalue weighted by Crippen LogP contribution is -2.20. The van der Waals surface area contributed by atoms with Crippen LogP contribution in [0.3, 0.4) is 0 Å². The van der Waals surface area contributed by atoms with Gasteiger partial charge in [0.1, 0.15) is 28.6 Å². The van der Waals surface area contributed by atoms with Crippen LogP contribution >= 0.6 is 23.2 Å². The Labute approximate surface area is 210 Å². The lowest BCUT2D eigenvalue weighted by Gasteiger charge is -2.12. The summed E-state index contributed by atoms with van der Waals surface area (Å²) in [6, 6.07) is 16.8. The van der Waals surface area contributed by atoms with Gasteiger partial charge in [-0.3, -0.25) is 14.0 Å². The number of nitrogens with one attached hydrogen (secondary N) is 1. The van der Waals surface area contributed by atoms with Crippen molar-refractivity contribution in [3.8, 4) is 17.7 Å². The highest BCUT2D eigenvalue weighted by molar-refractivity contribution is 6.31. The standard InChI is InChI=1S/C26H18Cl2N4O3/c1-15-4-3-11-32-23(15)31-25(35-20-9-10-22(28)16(2)12-20)21(26(32)34)13-17(14-29)24(33)30-19-7-5-18(27)6-8-19/h3-13H,1-2H3,(H,30,33)/b17-13-. The number of aryl methyl sites for hydroxylation is 2. The first-order valence-corrected chi connectivity index (χ1v) is 11.2. The number of halogens is 2. The van der Waals surface area contributed by atoms with Gasteiger partial charge >= 0.3 is 0 Å². The minimum Gasteiger partial charge on any atom is -0.438 e. The van der Waals surface area contributed by atoms with Crippen LogP contribution in [0.2, 0.25) is 10.0 Å². The van der Waals surface area contributed by atoms with E-state index in [4.69, 9.17) is 27.9 Å². The molecule has 0 bridgehead atoms. The monoisotopic (exact) mass is 504 g/mol. The van der Waals surface area contributed by atoms with Crippen LogP contribution in [0.5, 0.6) is 11.6 Å². The maximum atomic E-state index is 13.4. The fourth-order valence-corrected chi connectivity index (χ4v) is 3.55. The molecule has 7 nitrogen and oxygen atoms in total. The molecular formula is C26H18Cl2N4O3. The van der Waals surface area contributed by atoms with E-state index in [0.717, 1.165) is 11.1 Å². The van der Waals surface area contributed by atoms with Gasteiger partial charge in [0, 0.05) is 21.9 Å². The molecule has 0 saturated heterocycles. The van der Waals surface area contributed by atoms with Gasteiger partial charge in [0.05, 0.1) is 0 Å². The third kappa shape index (κ3) is 5.19. The average molecular weight is 505 g/mol. The summed E-state index contributed by atoms with van der Waals surface area (Å²) < 4.78 is 7.30. The highest BCUT2D eigenvalue weighted by Gasteiger charge is 2.18. The number of nitriles is 1. The quantitative estimate of drug-likeness (QED) is 0.267. The van der Waals surface area contributed by atoms with Gasteiger partial charge in [-0.2, -0.15) is 10.2 Å². The Morgan fingerprint density at radius 2 is 1.86 bits per heavy atom. The highest BCUT2D eigenvalue weighted by atomic mass is 35.5. The molecule has 1 amide bonds. The number of anilines is 1. The fraction of sp³-hybridized carbons (Fsp3) is 0.0769. The predicted molar refractivity (Wildman–Crippen MR) is 136 cm³/mol. The van der Waals surface area contributed by atoms with Gasteiger partial charge in [0.2, 0.25) is 5.88 Å². The first kappa shape index (κ1) is 24.0. The van der Waals surface area contributed by atoms with Crippen LogP contribution in [0, 0.1) is 25.2 Å². The number of aromatic nitrogens is 2. The molecule has 0 radical (unpaired) electrons. The summed E-state index contributed by atoms with van der Waals surface area (Å²) in [7, 11) is 0. The molecule has 2 aromatic carbocycles. The molecule has 174 valence electrons. The van der Waals surface area contributed by atoms with Crippen molar-refractivity contribution < 1.29 is 9.53 Å². The first-order valence-electron chi connectivity index (χ1n) is 10.4. The molecular weight excluding hydrogens is 487 g/mol. The molecule has 0 aliphatic heterocycles. The molecule has 35 heavy (non-hydrogen) atoms. The fourth-order valence-electron chi connectivity index (χ4n) is 3.31. The van der Waals surface area contributed by atoms with Crippen molar-refractivity contribution in [3.05, 3.63) is 103 Å². The number of hydrogen-bond donors (Lipinski definition) is 1. The maximum absolute atomic E-state index is 13.4. The molecule has 0 atom stereocenters. The summed E-state index contributed by atoms with van der Waals surface area (Å²) in [5.41, 5.74) is 1.50. The van der Waals surface area contributed by atoms with E-state index in [2.05, 4.69) is 10.3 Å². The van der Waals surface area contributed by atoms with E-state index >= 15 is 0 Å². The Balaban J connectivity index is 1.83. The molecule has 0 aliphatic carbocycles. The Morgan fingerprint density at radius 3 is 2.54 bits per heavy atom. The summed E-state index contributed by atoms with van der Waals surface area (Å²) in [5, 5.41) is 13.4. The van der Waals surface area contributed by atoms with E-state index in [1.54, 1.807) is 54.7 Å². The smallest absolute Gasteiger partial charge is 0.269 e. The molecule has 9 heteroatoms. The zero-order valence-electron chi connectivity index (χ0n) is 18.7. The number of benzene rings is 2. The Bertz CT molecular complexity index is 1590. The van der Waals surface area contributed by atoms with E-state index in [9.17, 15) is 14.9 Å². The van der Waals surface area contributed by atoms with Gasteiger partial charge in [0.15, 0.2) is 0 Å². The van der Waals surface area contributed by atoms with Crippen molar-refractivity contribution in [2.45, 2.75) is 13.8 Å². The van der Waals surface area contributed by atoms with Crippen LogP contribution in [0.1, 0.15) is 16.7 Å². The minimum atomic E-state index is -0.697. The third-order valence-corrected chi connectivity index (χ3v) is 5.83. The van der Waals surface area contributed by atoms with Crippen molar-refractivity contribution in [2.24, 2.45) is 0 Å².